The summed E-state index contributed by atoms with van der Waals surface area (Å²) < 4.78 is 23.9. The van der Waals surface area contributed by atoms with E-state index in [1.54, 1.807) is 35.6 Å². The van der Waals surface area contributed by atoms with Gasteiger partial charge in [0.2, 0.25) is 0 Å². The fourth-order valence-corrected chi connectivity index (χ4v) is 4.18. The van der Waals surface area contributed by atoms with Gasteiger partial charge in [0.05, 0.1) is 16.0 Å². The first-order chi connectivity index (χ1) is 12.4. The van der Waals surface area contributed by atoms with Gasteiger partial charge in [0.1, 0.15) is 0 Å². The quantitative estimate of drug-likeness (QED) is 0.607. The lowest BCUT2D eigenvalue weighted by Crippen LogP contribution is -2.28. The van der Waals surface area contributed by atoms with Gasteiger partial charge >= 0.3 is 0 Å². The van der Waals surface area contributed by atoms with Gasteiger partial charge in [-0.2, -0.15) is 0 Å². The number of nitrogens with one attached hydrogen (secondary N) is 2. The molecule has 136 valence electrons. The van der Waals surface area contributed by atoms with E-state index in [0.29, 0.717) is 24.2 Å². The number of thiazole rings is 1. The predicted octanol–water partition coefficient (Wildman–Crippen LogP) is 2.68. The second-order valence-electron chi connectivity index (χ2n) is 5.94. The zero-order valence-electron chi connectivity index (χ0n) is 14.2. The molecule has 0 atom stereocenters. The molecular formula is C18H19N3O3S2. The van der Waals surface area contributed by atoms with Crippen molar-refractivity contribution in [2.75, 3.05) is 24.7 Å². The molecule has 0 saturated carbocycles. The Balaban J connectivity index is 1.51. The van der Waals surface area contributed by atoms with Gasteiger partial charge in [-0.05, 0) is 29.8 Å². The van der Waals surface area contributed by atoms with E-state index in [1.807, 2.05) is 24.3 Å². The average Bonchev–Trinajstić information content (AvgIpc) is 3.00. The second kappa shape index (κ2) is 7.84. The number of fused-ring (bicyclic) bond motifs is 1. The zero-order valence-corrected chi connectivity index (χ0v) is 15.9. The minimum Gasteiger partial charge on any atom is -0.360 e. The van der Waals surface area contributed by atoms with Crippen molar-refractivity contribution < 1.29 is 13.2 Å². The molecule has 0 radical (unpaired) electrons. The monoisotopic (exact) mass is 389 g/mol. The van der Waals surface area contributed by atoms with Gasteiger partial charge in [-0.15, -0.1) is 0 Å². The summed E-state index contributed by atoms with van der Waals surface area (Å²) in [5, 5.41) is 6.83. The van der Waals surface area contributed by atoms with Crippen molar-refractivity contribution in [1.82, 2.24) is 10.3 Å². The van der Waals surface area contributed by atoms with Crippen LogP contribution in [-0.4, -0.2) is 38.7 Å². The summed E-state index contributed by atoms with van der Waals surface area (Å²) in [7, 11) is -3.13. The third-order valence-corrected chi connectivity index (χ3v) is 5.45. The number of benzene rings is 2. The van der Waals surface area contributed by atoms with E-state index in [9.17, 15) is 13.2 Å². The Bertz CT molecular complexity index is 996. The molecule has 0 unspecified atom stereocenters. The number of hydrogen-bond acceptors (Lipinski definition) is 6. The van der Waals surface area contributed by atoms with Crippen molar-refractivity contribution in [3.8, 4) is 0 Å². The van der Waals surface area contributed by atoms with Crippen LogP contribution in [0.4, 0.5) is 5.13 Å². The van der Waals surface area contributed by atoms with Crippen molar-refractivity contribution in [3.63, 3.8) is 0 Å². The number of carbonyl (C=O) groups is 1. The van der Waals surface area contributed by atoms with E-state index in [0.717, 1.165) is 15.3 Å². The first kappa shape index (κ1) is 18.3. The number of carbonyl (C=O) groups excluding carboxylic acids is 1. The highest BCUT2D eigenvalue weighted by Crippen LogP contribution is 2.24. The van der Waals surface area contributed by atoms with Gasteiger partial charge in [0, 0.05) is 24.9 Å². The van der Waals surface area contributed by atoms with Gasteiger partial charge in [-0.3, -0.25) is 4.79 Å². The fourth-order valence-electron chi connectivity index (χ4n) is 2.50. The van der Waals surface area contributed by atoms with Crippen LogP contribution < -0.4 is 10.6 Å². The van der Waals surface area contributed by atoms with Crippen molar-refractivity contribution in [2.24, 2.45) is 0 Å². The molecule has 2 aromatic carbocycles. The molecule has 0 aliphatic rings. The van der Waals surface area contributed by atoms with Gasteiger partial charge in [-0.25, -0.2) is 13.4 Å². The van der Waals surface area contributed by atoms with Gasteiger partial charge in [-0.1, -0.05) is 35.6 Å². The molecule has 1 heterocycles. The molecule has 2 N–H and O–H groups in total. The zero-order chi connectivity index (χ0) is 18.6. The first-order valence-corrected chi connectivity index (χ1v) is 10.9. The number of hydrogen-bond donors (Lipinski definition) is 2. The van der Waals surface area contributed by atoms with E-state index in [4.69, 9.17) is 0 Å². The topological polar surface area (TPSA) is 88.2 Å². The molecule has 6 nitrogen and oxygen atoms in total. The maximum absolute atomic E-state index is 12.2. The molecule has 0 bridgehead atoms. The summed E-state index contributed by atoms with van der Waals surface area (Å²) >= 11 is 1.57. The van der Waals surface area contributed by atoms with Crippen LogP contribution in [-0.2, 0) is 15.6 Å². The van der Waals surface area contributed by atoms with Crippen molar-refractivity contribution in [1.29, 1.82) is 0 Å². The van der Waals surface area contributed by atoms with Crippen LogP contribution in [0.3, 0.4) is 0 Å². The standard InChI is InChI=1S/C18H19N3O3S2/c1-26(23,24)12-13-5-4-6-14(11-13)17(22)19-9-10-20-18-21-15-7-2-3-8-16(15)25-18/h2-8,11H,9-10,12H2,1H3,(H,19,22)(H,20,21). The Morgan fingerprint density at radius 1 is 1.12 bits per heavy atom. The summed E-state index contributed by atoms with van der Waals surface area (Å²) in [4.78, 5) is 16.7. The van der Waals surface area contributed by atoms with Crippen LogP contribution in [0.2, 0.25) is 0 Å². The van der Waals surface area contributed by atoms with E-state index in [-0.39, 0.29) is 11.7 Å². The summed E-state index contributed by atoms with van der Waals surface area (Å²) in [5.74, 6) is -0.306. The number of anilines is 1. The van der Waals surface area contributed by atoms with Crippen LogP contribution in [0, 0.1) is 0 Å². The molecule has 1 aromatic heterocycles. The predicted molar refractivity (Wildman–Crippen MR) is 105 cm³/mol. The molecular weight excluding hydrogens is 370 g/mol. The normalized spacial score (nSPS) is 11.4. The van der Waals surface area contributed by atoms with Crippen LogP contribution in [0.15, 0.2) is 48.5 Å². The van der Waals surface area contributed by atoms with E-state index >= 15 is 0 Å². The summed E-state index contributed by atoms with van der Waals surface area (Å²) in [6.45, 7) is 0.986. The molecule has 3 aromatic rings. The van der Waals surface area contributed by atoms with Gasteiger partial charge in [0.15, 0.2) is 15.0 Å². The maximum atomic E-state index is 12.2. The Morgan fingerprint density at radius 3 is 2.69 bits per heavy atom. The Hall–Kier alpha value is -2.45. The average molecular weight is 390 g/mol. The minimum atomic E-state index is -3.13. The molecule has 26 heavy (non-hydrogen) atoms. The van der Waals surface area contributed by atoms with Crippen LogP contribution in [0.1, 0.15) is 15.9 Å². The first-order valence-electron chi connectivity index (χ1n) is 8.05. The number of sulfone groups is 1. The largest absolute Gasteiger partial charge is 0.360 e. The van der Waals surface area contributed by atoms with Crippen LogP contribution in [0.25, 0.3) is 10.2 Å². The Kier molecular flexibility index (Phi) is 5.53. The Morgan fingerprint density at radius 2 is 1.92 bits per heavy atom. The lowest BCUT2D eigenvalue weighted by Gasteiger charge is -2.07. The minimum absolute atomic E-state index is 0.0761. The molecule has 0 fully saturated rings. The molecule has 1 amide bonds. The van der Waals surface area contributed by atoms with Crippen LogP contribution >= 0.6 is 11.3 Å². The van der Waals surface area contributed by atoms with E-state index in [2.05, 4.69) is 15.6 Å². The summed E-state index contributed by atoms with van der Waals surface area (Å²) in [6, 6.07) is 14.6. The van der Waals surface area contributed by atoms with Crippen molar-refractivity contribution in [3.05, 3.63) is 59.7 Å². The fraction of sp³-hybridized carbons (Fsp3) is 0.222. The lowest BCUT2D eigenvalue weighted by atomic mass is 10.1. The molecule has 8 heteroatoms. The van der Waals surface area contributed by atoms with E-state index < -0.39 is 9.84 Å². The molecule has 3 rings (SSSR count). The number of rotatable bonds is 7. The van der Waals surface area contributed by atoms with Gasteiger partial charge in [0.25, 0.3) is 5.91 Å². The third-order valence-electron chi connectivity index (χ3n) is 3.60. The third kappa shape index (κ3) is 5.03. The second-order valence-corrected chi connectivity index (χ2v) is 9.11. The molecule has 0 saturated heterocycles. The lowest BCUT2D eigenvalue weighted by molar-refractivity contribution is 0.0955. The van der Waals surface area contributed by atoms with E-state index in [1.165, 1.54) is 6.26 Å². The molecule has 0 aliphatic heterocycles. The number of aromatic nitrogens is 1. The number of amides is 1. The Labute approximate surface area is 156 Å². The molecule has 0 aliphatic carbocycles. The maximum Gasteiger partial charge on any atom is 0.251 e. The van der Waals surface area contributed by atoms with Crippen molar-refractivity contribution >= 4 is 42.4 Å². The molecule has 0 spiro atoms. The summed E-state index contributed by atoms with van der Waals surface area (Å²) in [5.41, 5.74) is 2.01. The highest BCUT2D eigenvalue weighted by Gasteiger charge is 2.09. The van der Waals surface area contributed by atoms with Crippen LogP contribution in [0.5, 0.6) is 0 Å². The van der Waals surface area contributed by atoms with Crippen molar-refractivity contribution in [2.45, 2.75) is 5.75 Å². The SMILES string of the molecule is CS(=O)(=O)Cc1cccc(C(=O)NCCNc2nc3ccccc3s2)c1. The smallest absolute Gasteiger partial charge is 0.251 e. The highest BCUT2D eigenvalue weighted by molar-refractivity contribution is 7.89. The summed E-state index contributed by atoms with van der Waals surface area (Å²) in [6.07, 6.45) is 1.17. The number of para-hydroxylation sites is 1. The number of nitrogens with zero attached hydrogens (tertiary/aromatic N) is 1. The van der Waals surface area contributed by atoms with Gasteiger partial charge < -0.3 is 10.6 Å². The highest BCUT2D eigenvalue weighted by atomic mass is 32.2.